The molecule has 0 aliphatic rings. The van der Waals surface area contributed by atoms with Gasteiger partial charge in [-0.25, -0.2) is 0 Å². The Bertz CT molecular complexity index is 210. The van der Waals surface area contributed by atoms with Gasteiger partial charge in [0.25, 0.3) is 0 Å². The maximum Gasteiger partial charge on any atom is 0.0423 e. The highest BCUT2D eigenvalue weighted by atomic mass is 35.5. The van der Waals surface area contributed by atoms with Gasteiger partial charge < -0.3 is 0 Å². The molecule has 1 rings (SSSR count). The third-order valence-corrected chi connectivity index (χ3v) is 1.77. The first-order valence-corrected chi connectivity index (χ1v) is 3.93. The molecular weight excluding hydrogens is 167 g/mol. The average molecular weight is 175 g/mol. The smallest absolute Gasteiger partial charge is 0.0423 e. The standard InChI is InChI=1S/C8H8Cl2/c1-2-6-3-7(9)5-8(10)4-6/h3-5H,2H2,1H3. The van der Waals surface area contributed by atoms with Gasteiger partial charge >= 0.3 is 0 Å². The number of benzene rings is 1. The minimum absolute atomic E-state index is 0.712. The van der Waals surface area contributed by atoms with E-state index in [1.54, 1.807) is 6.07 Å². The van der Waals surface area contributed by atoms with Crippen molar-refractivity contribution in [2.75, 3.05) is 0 Å². The van der Waals surface area contributed by atoms with E-state index in [1.165, 1.54) is 5.56 Å². The summed E-state index contributed by atoms with van der Waals surface area (Å²) in [4.78, 5) is 0. The summed E-state index contributed by atoms with van der Waals surface area (Å²) in [5.41, 5.74) is 1.18. The molecule has 10 heavy (non-hydrogen) atoms. The first kappa shape index (κ1) is 7.90. The topological polar surface area (TPSA) is 0 Å². The molecule has 0 saturated carbocycles. The number of hydrogen-bond donors (Lipinski definition) is 0. The lowest BCUT2D eigenvalue weighted by molar-refractivity contribution is 1.14. The maximum absolute atomic E-state index is 5.74. The largest absolute Gasteiger partial charge is 0.0843 e. The van der Waals surface area contributed by atoms with Gasteiger partial charge in [0.1, 0.15) is 0 Å². The van der Waals surface area contributed by atoms with Crippen LogP contribution in [0.3, 0.4) is 0 Å². The van der Waals surface area contributed by atoms with Gasteiger partial charge in [-0.15, -0.1) is 0 Å². The van der Waals surface area contributed by atoms with Gasteiger partial charge in [0.15, 0.2) is 0 Å². The van der Waals surface area contributed by atoms with E-state index in [1.807, 2.05) is 12.1 Å². The zero-order chi connectivity index (χ0) is 7.56. The Morgan fingerprint density at radius 3 is 2.00 bits per heavy atom. The number of halogens is 2. The molecule has 0 unspecified atom stereocenters. The van der Waals surface area contributed by atoms with Crippen molar-refractivity contribution in [3.05, 3.63) is 33.8 Å². The van der Waals surface area contributed by atoms with Crippen molar-refractivity contribution in [1.29, 1.82) is 0 Å². The van der Waals surface area contributed by atoms with Crippen LogP contribution in [0.1, 0.15) is 12.5 Å². The number of aryl methyl sites for hydroxylation is 1. The van der Waals surface area contributed by atoms with Crippen molar-refractivity contribution in [2.45, 2.75) is 13.3 Å². The van der Waals surface area contributed by atoms with Crippen LogP contribution >= 0.6 is 23.2 Å². The molecule has 0 fully saturated rings. The van der Waals surface area contributed by atoms with Crippen LogP contribution in [0.25, 0.3) is 0 Å². The van der Waals surface area contributed by atoms with E-state index in [0.29, 0.717) is 10.0 Å². The fourth-order valence-corrected chi connectivity index (χ4v) is 1.39. The average Bonchev–Trinajstić information content (AvgIpc) is 1.85. The summed E-state index contributed by atoms with van der Waals surface area (Å²) in [6.45, 7) is 2.07. The third kappa shape index (κ3) is 1.89. The number of hydrogen-bond acceptors (Lipinski definition) is 0. The van der Waals surface area contributed by atoms with Crippen LogP contribution in [0, 0.1) is 0 Å². The normalized spacial score (nSPS) is 9.90. The Hall–Kier alpha value is -0.200. The molecular formula is C8H8Cl2. The molecule has 0 amide bonds. The van der Waals surface area contributed by atoms with Crippen LogP contribution in [0.2, 0.25) is 10.0 Å². The van der Waals surface area contributed by atoms with Gasteiger partial charge in [-0.2, -0.15) is 0 Å². The molecule has 0 N–H and O–H groups in total. The highest BCUT2D eigenvalue weighted by Gasteiger charge is 1.94. The van der Waals surface area contributed by atoms with Crippen LogP contribution < -0.4 is 0 Å². The summed E-state index contributed by atoms with van der Waals surface area (Å²) >= 11 is 11.5. The lowest BCUT2D eigenvalue weighted by atomic mass is 10.2. The second-order valence-corrected chi connectivity index (χ2v) is 3.00. The Labute approximate surface area is 70.8 Å². The zero-order valence-electron chi connectivity index (χ0n) is 5.70. The van der Waals surface area contributed by atoms with Crippen LogP contribution in [0.4, 0.5) is 0 Å². The summed E-state index contributed by atoms with van der Waals surface area (Å²) in [5.74, 6) is 0. The lowest BCUT2D eigenvalue weighted by Crippen LogP contribution is -1.78. The molecule has 1 aromatic rings. The highest BCUT2D eigenvalue weighted by Crippen LogP contribution is 2.18. The fraction of sp³-hybridized carbons (Fsp3) is 0.250. The molecule has 0 bridgehead atoms. The van der Waals surface area contributed by atoms with E-state index in [9.17, 15) is 0 Å². The van der Waals surface area contributed by atoms with Crippen molar-refractivity contribution in [3.63, 3.8) is 0 Å². The summed E-state index contributed by atoms with van der Waals surface area (Å²) < 4.78 is 0. The predicted molar refractivity (Wildman–Crippen MR) is 45.8 cm³/mol. The molecule has 0 radical (unpaired) electrons. The minimum atomic E-state index is 0.712. The summed E-state index contributed by atoms with van der Waals surface area (Å²) in [5, 5.41) is 1.42. The van der Waals surface area contributed by atoms with E-state index >= 15 is 0 Å². The molecule has 0 spiro atoms. The van der Waals surface area contributed by atoms with E-state index in [0.717, 1.165) is 6.42 Å². The third-order valence-electron chi connectivity index (χ3n) is 1.33. The Balaban J connectivity index is 3.06. The van der Waals surface area contributed by atoms with Crippen molar-refractivity contribution < 1.29 is 0 Å². The highest BCUT2D eigenvalue weighted by molar-refractivity contribution is 6.34. The SMILES string of the molecule is CCc1cc(Cl)cc(Cl)c1. The van der Waals surface area contributed by atoms with Gasteiger partial charge in [0, 0.05) is 10.0 Å². The molecule has 2 heteroatoms. The van der Waals surface area contributed by atoms with Crippen molar-refractivity contribution in [3.8, 4) is 0 Å². The van der Waals surface area contributed by atoms with Crippen LogP contribution in [0.15, 0.2) is 18.2 Å². The Kier molecular flexibility index (Phi) is 2.58. The molecule has 0 saturated heterocycles. The molecule has 0 aliphatic heterocycles. The summed E-state index contributed by atoms with van der Waals surface area (Å²) in [6, 6.07) is 5.59. The molecule has 0 atom stereocenters. The molecule has 54 valence electrons. The van der Waals surface area contributed by atoms with Crippen molar-refractivity contribution in [1.82, 2.24) is 0 Å². The van der Waals surface area contributed by atoms with E-state index in [-0.39, 0.29) is 0 Å². The monoisotopic (exact) mass is 174 g/mol. The molecule has 0 aliphatic carbocycles. The van der Waals surface area contributed by atoms with Crippen LogP contribution in [-0.2, 0) is 6.42 Å². The Morgan fingerprint density at radius 1 is 1.10 bits per heavy atom. The van der Waals surface area contributed by atoms with Crippen LogP contribution in [0.5, 0.6) is 0 Å². The van der Waals surface area contributed by atoms with Crippen molar-refractivity contribution >= 4 is 23.2 Å². The van der Waals surface area contributed by atoms with Crippen molar-refractivity contribution in [2.24, 2.45) is 0 Å². The quantitative estimate of drug-likeness (QED) is 0.612. The van der Waals surface area contributed by atoms with E-state index in [2.05, 4.69) is 6.92 Å². The summed E-state index contributed by atoms with van der Waals surface area (Å²) in [7, 11) is 0. The molecule has 1 aromatic carbocycles. The molecule has 0 heterocycles. The Morgan fingerprint density at radius 2 is 1.60 bits per heavy atom. The molecule has 0 aromatic heterocycles. The summed E-state index contributed by atoms with van der Waals surface area (Å²) in [6.07, 6.45) is 0.972. The second-order valence-electron chi connectivity index (χ2n) is 2.13. The molecule has 0 nitrogen and oxygen atoms in total. The van der Waals surface area contributed by atoms with Gasteiger partial charge in [-0.1, -0.05) is 30.1 Å². The second kappa shape index (κ2) is 3.27. The first-order valence-electron chi connectivity index (χ1n) is 3.17. The minimum Gasteiger partial charge on any atom is -0.0843 e. The van der Waals surface area contributed by atoms with E-state index < -0.39 is 0 Å². The van der Waals surface area contributed by atoms with Crippen LogP contribution in [-0.4, -0.2) is 0 Å². The number of rotatable bonds is 1. The maximum atomic E-state index is 5.74. The van der Waals surface area contributed by atoms with Gasteiger partial charge in [0.2, 0.25) is 0 Å². The van der Waals surface area contributed by atoms with Gasteiger partial charge in [0.05, 0.1) is 0 Å². The lowest BCUT2D eigenvalue weighted by Gasteiger charge is -1.97. The van der Waals surface area contributed by atoms with E-state index in [4.69, 9.17) is 23.2 Å². The van der Waals surface area contributed by atoms with Gasteiger partial charge in [-0.05, 0) is 30.2 Å². The first-order chi connectivity index (χ1) is 4.72. The van der Waals surface area contributed by atoms with Gasteiger partial charge in [-0.3, -0.25) is 0 Å². The fourth-order valence-electron chi connectivity index (χ4n) is 0.815. The predicted octanol–water partition coefficient (Wildman–Crippen LogP) is 3.56. The zero-order valence-corrected chi connectivity index (χ0v) is 7.21.